The summed E-state index contributed by atoms with van der Waals surface area (Å²) in [6, 6.07) is -0.708. The van der Waals surface area contributed by atoms with Crippen LogP contribution in [-0.4, -0.2) is 46.1 Å². The van der Waals surface area contributed by atoms with Crippen LogP contribution in [0.15, 0.2) is 0 Å². The number of hydrogen-bond donors (Lipinski definition) is 4. The van der Waals surface area contributed by atoms with Crippen LogP contribution in [-0.2, 0) is 4.79 Å². The zero-order valence-electron chi connectivity index (χ0n) is 44.7. The molecule has 4 N–H and O–H groups in total. The lowest BCUT2D eigenvalue weighted by atomic mass is 10.0. The number of hydrogen-bond acceptors (Lipinski definition) is 4. The molecule has 0 fully saturated rings. The SMILES string of the molecule is CCCCCCCCCCCCCCCCCCCCCCCCCCCCCC(O)C(=O)NC(CO)C(O)CCCCCCCCCCCCCCCCCCCCCCCCCC. The van der Waals surface area contributed by atoms with Gasteiger partial charge in [0.1, 0.15) is 6.10 Å². The van der Waals surface area contributed by atoms with E-state index in [1.807, 2.05) is 0 Å². The highest BCUT2D eigenvalue weighted by molar-refractivity contribution is 5.80. The quantitative estimate of drug-likeness (QED) is 0.0458. The minimum atomic E-state index is -1.07. The van der Waals surface area contributed by atoms with Gasteiger partial charge in [0.25, 0.3) is 0 Å². The first-order valence-electron chi connectivity index (χ1n) is 30.3. The summed E-state index contributed by atoms with van der Waals surface area (Å²) in [5, 5.41) is 33.6. The van der Waals surface area contributed by atoms with Crippen molar-refractivity contribution in [2.24, 2.45) is 0 Å². The van der Waals surface area contributed by atoms with Crippen LogP contribution < -0.4 is 5.32 Å². The molecule has 0 aliphatic rings. The van der Waals surface area contributed by atoms with Crippen molar-refractivity contribution in [1.82, 2.24) is 5.32 Å². The van der Waals surface area contributed by atoms with Crippen molar-refractivity contribution < 1.29 is 20.1 Å². The van der Waals surface area contributed by atoms with E-state index in [1.165, 1.54) is 295 Å². The first kappa shape index (κ1) is 64.3. The van der Waals surface area contributed by atoms with E-state index in [1.54, 1.807) is 0 Å². The van der Waals surface area contributed by atoms with Crippen LogP contribution in [0.25, 0.3) is 0 Å². The summed E-state index contributed by atoms with van der Waals surface area (Å²) in [7, 11) is 0. The average Bonchev–Trinajstić information content (AvgIpc) is 3.31. The summed E-state index contributed by atoms with van der Waals surface area (Å²) in [5.74, 6) is -0.461. The van der Waals surface area contributed by atoms with E-state index in [-0.39, 0.29) is 6.61 Å². The van der Waals surface area contributed by atoms with Gasteiger partial charge in [0.05, 0.1) is 18.8 Å². The summed E-state index contributed by atoms with van der Waals surface area (Å²) in [6.45, 7) is 4.29. The predicted octanol–water partition coefficient (Wildman–Crippen LogP) is 18.9. The van der Waals surface area contributed by atoms with E-state index in [4.69, 9.17) is 0 Å². The molecule has 0 aliphatic heterocycles. The molecule has 5 nitrogen and oxygen atoms in total. The molecule has 390 valence electrons. The van der Waals surface area contributed by atoms with E-state index in [2.05, 4.69) is 19.2 Å². The van der Waals surface area contributed by atoms with E-state index in [0.717, 1.165) is 32.1 Å². The molecule has 65 heavy (non-hydrogen) atoms. The molecule has 0 heterocycles. The summed E-state index contributed by atoms with van der Waals surface area (Å²) in [4.78, 5) is 12.6. The zero-order valence-corrected chi connectivity index (χ0v) is 44.7. The van der Waals surface area contributed by atoms with Gasteiger partial charge in [-0.2, -0.15) is 0 Å². The Morgan fingerprint density at radius 3 is 0.692 bits per heavy atom. The number of amides is 1. The third kappa shape index (κ3) is 51.0. The number of carbonyl (C=O) groups excluding carboxylic acids is 1. The molecule has 0 bridgehead atoms. The second-order valence-corrected chi connectivity index (χ2v) is 21.3. The number of aliphatic hydroxyl groups excluding tert-OH is 3. The molecule has 0 saturated carbocycles. The summed E-state index contributed by atoms with van der Waals surface area (Å²) < 4.78 is 0. The topological polar surface area (TPSA) is 89.8 Å². The first-order chi connectivity index (χ1) is 32.1. The standard InChI is InChI=1S/C60H121NO4/c1-3-5-7-9-11-13-15-17-19-21-23-25-27-29-30-31-33-35-37-39-41-43-45-47-49-51-53-55-59(64)60(65)61-57(56-62)58(63)54-52-50-48-46-44-42-40-38-36-34-32-28-26-24-22-20-18-16-14-12-10-8-6-4-2/h57-59,62-64H,3-56H2,1-2H3,(H,61,65). The Labute approximate surface area is 408 Å². The van der Waals surface area contributed by atoms with Gasteiger partial charge in [-0.1, -0.05) is 341 Å². The summed E-state index contributed by atoms with van der Waals surface area (Å²) in [6.07, 6.45) is 68.8. The van der Waals surface area contributed by atoms with Gasteiger partial charge in [-0.05, 0) is 12.8 Å². The molecular formula is C60H121NO4. The first-order valence-corrected chi connectivity index (χ1v) is 30.3. The summed E-state index contributed by atoms with van der Waals surface area (Å²) in [5.41, 5.74) is 0. The van der Waals surface area contributed by atoms with Crippen LogP contribution in [0, 0.1) is 0 Å². The smallest absolute Gasteiger partial charge is 0.249 e. The van der Waals surface area contributed by atoms with Crippen LogP contribution in [0.4, 0.5) is 0 Å². The van der Waals surface area contributed by atoms with Crippen LogP contribution in [0.3, 0.4) is 0 Å². The molecule has 3 unspecified atom stereocenters. The van der Waals surface area contributed by atoms with Gasteiger partial charge < -0.3 is 20.6 Å². The number of carbonyl (C=O) groups is 1. The maximum absolute atomic E-state index is 12.6. The van der Waals surface area contributed by atoms with E-state index < -0.39 is 24.2 Å². The van der Waals surface area contributed by atoms with Crippen LogP contribution in [0.2, 0.25) is 0 Å². The molecule has 3 atom stereocenters. The van der Waals surface area contributed by atoms with Crippen molar-refractivity contribution in [2.75, 3.05) is 6.61 Å². The molecule has 0 aliphatic carbocycles. The van der Waals surface area contributed by atoms with Gasteiger partial charge in [-0.3, -0.25) is 4.79 Å². The Hall–Kier alpha value is -0.650. The fraction of sp³-hybridized carbons (Fsp3) is 0.983. The van der Waals surface area contributed by atoms with Gasteiger partial charge in [-0.15, -0.1) is 0 Å². The number of nitrogens with one attached hydrogen (secondary N) is 1. The maximum Gasteiger partial charge on any atom is 0.249 e. The lowest BCUT2D eigenvalue weighted by molar-refractivity contribution is -0.131. The Morgan fingerprint density at radius 1 is 0.308 bits per heavy atom. The van der Waals surface area contributed by atoms with E-state index in [0.29, 0.717) is 12.8 Å². The van der Waals surface area contributed by atoms with Crippen LogP contribution >= 0.6 is 0 Å². The Bertz CT molecular complexity index is 883. The van der Waals surface area contributed by atoms with Gasteiger partial charge >= 0.3 is 0 Å². The minimum absolute atomic E-state index is 0.307. The van der Waals surface area contributed by atoms with Crippen LogP contribution in [0.1, 0.15) is 354 Å². The van der Waals surface area contributed by atoms with Crippen molar-refractivity contribution in [3.63, 3.8) is 0 Å². The van der Waals surface area contributed by atoms with Crippen molar-refractivity contribution in [2.45, 2.75) is 372 Å². The number of rotatable bonds is 57. The monoisotopic (exact) mass is 920 g/mol. The van der Waals surface area contributed by atoms with Crippen molar-refractivity contribution in [3.05, 3.63) is 0 Å². The highest BCUT2D eigenvalue weighted by Crippen LogP contribution is 2.19. The van der Waals surface area contributed by atoms with Crippen LogP contribution in [0.5, 0.6) is 0 Å². The van der Waals surface area contributed by atoms with Gasteiger partial charge in [0, 0.05) is 0 Å². The largest absolute Gasteiger partial charge is 0.394 e. The third-order valence-electron chi connectivity index (χ3n) is 14.7. The van der Waals surface area contributed by atoms with Crippen molar-refractivity contribution >= 4 is 5.91 Å². The van der Waals surface area contributed by atoms with Gasteiger partial charge in [-0.25, -0.2) is 0 Å². The molecule has 0 radical (unpaired) electrons. The Balaban J connectivity index is 3.47. The Morgan fingerprint density at radius 2 is 0.492 bits per heavy atom. The molecule has 0 spiro atoms. The number of aliphatic hydroxyl groups is 3. The molecule has 1 amide bonds. The molecule has 0 rings (SSSR count). The molecule has 0 aromatic rings. The molecular weight excluding hydrogens is 799 g/mol. The summed E-state index contributed by atoms with van der Waals surface area (Å²) >= 11 is 0. The van der Waals surface area contributed by atoms with E-state index >= 15 is 0 Å². The number of unbranched alkanes of at least 4 members (excludes halogenated alkanes) is 49. The van der Waals surface area contributed by atoms with Crippen molar-refractivity contribution in [1.29, 1.82) is 0 Å². The molecule has 5 heteroatoms. The van der Waals surface area contributed by atoms with Gasteiger partial charge in [0.2, 0.25) is 5.91 Å². The maximum atomic E-state index is 12.6. The molecule has 0 aromatic heterocycles. The second-order valence-electron chi connectivity index (χ2n) is 21.3. The third-order valence-corrected chi connectivity index (χ3v) is 14.7. The predicted molar refractivity (Wildman–Crippen MR) is 287 cm³/mol. The fourth-order valence-electron chi connectivity index (χ4n) is 10.0. The van der Waals surface area contributed by atoms with Gasteiger partial charge in [0.15, 0.2) is 0 Å². The fourth-order valence-corrected chi connectivity index (χ4v) is 10.0. The van der Waals surface area contributed by atoms with E-state index in [9.17, 15) is 20.1 Å². The minimum Gasteiger partial charge on any atom is -0.394 e. The highest BCUT2D eigenvalue weighted by Gasteiger charge is 2.23. The average molecular weight is 921 g/mol. The lowest BCUT2D eigenvalue weighted by Gasteiger charge is -2.23. The second kappa shape index (κ2) is 55.9. The highest BCUT2D eigenvalue weighted by atomic mass is 16.3. The lowest BCUT2D eigenvalue weighted by Crippen LogP contribution is -2.49. The zero-order chi connectivity index (χ0) is 47.2. The van der Waals surface area contributed by atoms with Crippen molar-refractivity contribution in [3.8, 4) is 0 Å². The normalized spacial score (nSPS) is 13.1. The molecule has 0 saturated heterocycles. The molecule has 0 aromatic carbocycles. The Kier molecular flexibility index (Phi) is 55.4.